The number of ketones is 1. The Morgan fingerprint density at radius 1 is 0.957 bits per heavy atom. The predicted molar refractivity (Wildman–Crippen MR) is 88.7 cm³/mol. The van der Waals surface area contributed by atoms with E-state index in [1.54, 1.807) is 12.1 Å². The van der Waals surface area contributed by atoms with Crippen LogP contribution >= 0.6 is 0 Å². The average Bonchev–Trinajstić information content (AvgIpc) is 2.73. The van der Waals surface area contributed by atoms with Crippen LogP contribution < -0.4 is 10.6 Å². The molecule has 0 saturated heterocycles. The van der Waals surface area contributed by atoms with Crippen molar-refractivity contribution in [2.24, 2.45) is 0 Å². The van der Waals surface area contributed by atoms with E-state index in [0.717, 1.165) is 41.1 Å². The Kier molecular flexibility index (Phi) is 3.37. The highest BCUT2D eigenvalue weighted by atomic mass is 19.1. The van der Waals surface area contributed by atoms with Crippen LogP contribution in [0.5, 0.6) is 0 Å². The molecule has 1 aliphatic carbocycles. The van der Waals surface area contributed by atoms with E-state index < -0.39 is 0 Å². The second kappa shape index (κ2) is 5.54. The highest BCUT2D eigenvalue weighted by Gasteiger charge is 2.31. The van der Waals surface area contributed by atoms with E-state index in [0.29, 0.717) is 6.42 Å². The van der Waals surface area contributed by atoms with Crippen LogP contribution in [0.1, 0.15) is 30.9 Å². The maximum atomic E-state index is 13.3. The molecule has 0 bridgehead atoms. The third kappa shape index (κ3) is 2.50. The van der Waals surface area contributed by atoms with Crippen molar-refractivity contribution in [2.75, 3.05) is 10.6 Å². The average molecular weight is 308 g/mol. The van der Waals surface area contributed by atoms with Crippen molar-refractivity contribution in [3.8, 4) is 0 Å². The first-order valence-corrected chi connectivity index (χ1v) is 7.86. The van der Waals surface area contributed by atoms with Crippen molar-refractivity contribution in [2.45, 2.75) is 25.3 Å². The fourth-order valence-corrected chi connectivity index (χ4v) is 3.34. The van der Waals surface area contributed by atoms with Crippen molar-refractivity contribution in [1.29, 1.82) is 0 Å². The summed E-state index contributed by atoms with van der Waals surface area (Å²) >= 11 is 0. The largest absolute Gasteiger partial charge is 0.372 e. The Labute approximate surface area is 134 Å². The smallest absolute Gasteiger partial charge is 0.163 e. The standard InChI is InChI=1S/C19H17FN2O/c20-13-10-8-12(9-11-13)19-18-16(6-3-7-17(18)23)21-14-4-1-2-5-15(14)22-19/h1-2,4-5,8-11,19,21-22H,3,6-7H2/t19-/m0/s1. The minimum Gasteiger partial charge on any atom is -0.372 e. The Balaban J connectivity index is 1.86. The molecule has 0 amide bonds. The highest BCUT2D eigenvalue weighted by molar-refractivity contribution is 6.00. The molecule has 1 heterocycles. The van der Waals surface area contributed by atoms with Gasteiger partial charge in [0.25, 0.3) is 0 Å². The number of rotatable bonds is 1. The third-order valence-corrected chi connectivity index (χ3v) is 4.46. The van der Waals surface area contributed by atoms with Gasteiger partial charge < -0.3 is 10.6 Å². The lowest BCUT2D eigenvalue weighted by molar-refractivity contribution is -0.116. The number of benzene rings is 2. The van der Waals surface area contributed by atoms with E-state index >= 15 is 0 Å². The van der Waals surface area contributed by atoms with Gasteiger partial charge in [0.2, 0.25) is 0 Å². The van der Waals surface area contributed by atoms with Gasteiger partial charge in [-0.1, -0.05) is 24.3 Å². The molecule has 3 nitrogen and oxygen atoms in total. The van der Waals surface area contributed by atoms with E-state index in [-0.39, 0.29) is 17.6 Å². The van der Waals surface area contributed by atoms with Crippen molar-refractivity contribution in [1.82, 2.24) is 0 Å². The van der Waals surface area contributed by atoms with Gasteiger partial charge in [0.05, 0.1) is 17.4 Å². The molecule has 4 heteroatoms. The van der Waals surface area contributed by atoms with Gasteiger partial charge >= 0.3 is 0 Å². The number of carbonyl (C=O) groups is 1. The molecule has 2 aromatic carbocycles. The maximum Gasteiger partial charge on any atom is 0.163 e. The fourth-order valence-electron chi connectivity index (χ4n) is 3.34. The van der Waals surface area contributed by atoms with Crippen LogP contribution in [0.3, 0.4) is 0 Å². The third-order valence-electron chi connectivity index (χ3n) is 4.46. The molecule has 2 aliphatic rings. The summed E-state index contributed by atoms with van der Waals surface area (Å²) in [7, 11) is 0. The molecule has 0 saturated carbocycles. The molecular formula is C19H17FN2O. The summed E-state index contributed by atoms with van der Waals surface area (Å²) in [5.41, 5.74) is 4.57. The van der Waals surface area contributed by atoms with Crippen LogP contribution in [0.2, 0.25) is 0 Å². The monoisotopic (exact) mass is 308 g/mol. The lowest BCUT2D eigenvalue weighted by Crippen LogP contribution is -2.23. The molecule has 4 rings (SSSR count). The summed E-state index contributed by atoms with van der Waals surface area (Å²) in [6.45, 7) is 0. The Morgan fingerprint density at radius 2 is 1.70 bits per heavy atom. The molecule has 0 spiro atoms. The zero-order valence-corrected chi connectivity index (χ0v) is 12.6. The minimum atomic E-state index is -0.273. The van der Waals surface area contributed by atoms with E-state index in [4.69, 9.17) is 0 Å². The first-order chi connectivity index (χ1) is 11.2. The number of carbonyl (C=O) groups excluding carboxylic acids is 1. The second-order valence-corrected chi connectivity index (χ2v) is 5.97. The molecule has 0 radical (unpaired) electrons. The molecule has 116 valence electrons. The number of hydrogen-bond acceptors (Lipinski definition) is 3. The minimum absolute atomic E-state index is 0.161. The fraction of sp³-hybridized carbons (Fsp3) is 0.211. The summed E-state index contributed by atoms with van der Waals surface area (Å²) < 4.78 is 13.3. The molecule has 0 fully saturated rings. The van der Waals surface area contributed by atoms with Gasteiger partial charge in [-0.15, -0.1) is 0 Å². The van der Waals surface area contributed by atoms with Crippen LogP contribution in [0.15, 0.2) is 59.8 Å². The number of fused-ring (bicyclic) bond motifs is 1. The van der Waals surface area contributed by atoms with Crippen molar-refractivity contribution < 1.29 is 9.18 Å². The van der Waals surface area contributed by atoms with Crippen LogP contribution in [0.25, 0.3) is 0 Å². The first-order valence-electron chi connectivity index (χ1n) is 7.86. The van der Waals surface area contributed by atoms with E-state index in [1.165, 1.54) is 12.1 Å². The quantitative estimate of drug-likeness (QED) is 0.820. The summed E-state index contributed by atoms with van der Waals surface area (Å²) in [5.74, 6) is -0.113. The predicted octanol–water partition coefficient (Wildman–Crippen LogP) is 4.41. The molecule has 0 unspecified atom stereocenters. The van der Waals surface area contributed by atoms with E-state index in [2.05, 4.69) is 10.6 Å². The molecule has 1 atom stereocenters. The van der Waals surface area contributed by atoms with Crippen LogP contribution in [-0.2, 0) is 4.79 Å². The number of allylic oxidation sites excluding steroid dienone is 1. The van der Waals surface area contributed by atoms with Crippen LogP contribution in [0, 0.1) is 5.82 Å². The number of hydrogen-bond donors (Lipinski definition) is 2. The van der Waals surface area contributed by atoms with Gasteiger partial charge in [-0.25, -0.2) is 4.39 Å². The Morgan fingerprint density at radius 3 is 2.48 bits per heavy atom. The topological polar surface area (TPSA) is 41.1 Å². The van der Waals surface area contributed by atoms with Gasteiger partial charge in [0, 0.05) is 17.7 Å². The highest BCUT2D eigenvalue weighted by Crippen LogP contribution is 2.40. The SMILES string of the molecule is O=C1CCCC2=C1[C@H](c1ccc(F)cc1)Nc1ccccc1N2. The van der Waals surface area contributed by atoms with Crippen molar-refractivity contribution in [3.63, 3.8) is 0 Å². The van der Waals surface area contributed by atoms with Gasteiger partial charge in [-0.3, -0.25) is 4.79 Å². The second-order valence-electron chi connectivity index (χ2n) is 5.97. The Bertz CT molecular complexity index is 795. The summed E-state index contributed by atoms with van der Waals surface area (Å²) in [5, 5.41) is 6.89. The number of halogens is 1. The van der Waals surface area contributed by atoms with E-state index in [1.807, 2.05) is 24.3 Å². The van der Waals surface area contributed by atoms with Gasteiger partial charge in [0.1, 0.15) is 5.82 Å². The van der Waals surface area contributed by atoms with Crippen LogP contribution in [0.4, 0.5) is 15.8 Å². The van der Waals surface area contributed by atoms with Crippen LogP contribution in [-0.4, -0.2) is 5.78 Å². The molecule has 2 aromatic rings. The van der Waals surface area contributed by atoms with Gasteiger partial charge in [-0.2, -0.15) is 0 Å². The lowest BCUT2D eigenvalue weighted by atomic mass is 9.87. The maximum absolute atomic E-state index is 13.3. The van der Waals surface area contributed by atoms with Gasteiger partial charge in [0.15, 0.2) is 5.78 Å². The molecule has 1 aliphatic heterocycles. The first kappa shape index (κ1) is 14.0. The molecule has 23 heavy (non-hydrogen) atoms. The molecule has 2 N–H and O–H groups in total. The number of nitrogens with one attached hydrogen (secondary N) is 2. The summed E-state index contributed by atoms with van der Waals surface area (Å²) in [6.07, 6.45) is 2.29. The Hall–Kier alpha value is -2.62. The van der Waals surface area contributed by atoms with Crippen molar-refractivity contribution in [3.05, 3.63) is 71.2 Å². The summed E-state index contributed by atoms with van der Waals surface area (Å²) in [6, 6.07) is 14.0. The van der Waals surface area contributed by atoms with Crippen molar-refractivity contribution >= 4 is 17.2 Å². The zero-order valence-electron chi connectivity index (χ0n) is 12.6. The molecular weight excluding hydrogens is 291 g/mol. The number of anilines is 2. The zero-order chi connectivity index (χ0) is 15.8. The number of para-hydroxylation sites is 2. The van der Waals surface area contributed by atoms with E-state index in [9.17, 15) is 9.18 Å². The normalized spacial score (nSPS) is 20.0. The number of Topliss-reactive ketones (excluding diaryl/α,β-unsaturated/α-hetero) is 1. The lowest BCUT2D eigenvalue weighted by Gasteiger charge is -2.25. The van der Waals surface area contributed by atoms with Gasteiger partial charge in [-0.05, 0) is 42.7 Å². The summed E-state index contributed by atoms with van der Waals surface area (Å²) in [4.78, 5) is 12.6. The molecule has 0 aromatic heterocycles.